The normalized spacial score (nSPS) is 12.7. The molecule has 1 aromatic heterocycles. The van der Waals surface area contributed by atoms with E-state index in [1.165, 1.54) is 21.6 Å². The van der Waals surface area contributed by atoms with Crippen molar-refractivity contribution in [1.29, 1.82) is 0 Å². The number of rotatable bonds is 3. The molecule has 90 valence electrons. The van der Waals surface area contributed by atoms with E-state index in [9.17, 15) is 0 Å². The molecule has 1 aromatic carbocycles. The van der Waals surface area contributed by atoms with Crippen molar-refractivity contribution in [2.24, 2.45) is 0 Å². The van der Waals surface area contributed by atoms with Crippen molar-refractivity contribution < 1.29 is 0 Å². The molecule has 0 radical (unpaired) electrons. The van der Waals surface area contributed by atoms with Crippen molar-refractivity contribution in [3.05, 3.63) is 40.5 Å². The summed E-state index contributed by atoms with van der Waals surface area (Å²) in [6, 6.07) is 7.05. The van der Waals surface area contributed by atoms with Crippen LogP contribution < -0.4 is 5.32 Å². The van der Waals surface area contributed by atoms with E-state index in [0.29, 0.717) is 6.04 Å². The molecule has 0 aliphatic rings. The molecule has 1 unspecified atom stereocenters. The monoisotopic (exact) mass is 246 g/mol. The largest absolute Gasteiger partial charge is 0.313 e. The second-order valence-electron chi connectivity index (χ2n) is 4.35. The van der Waals surface area contributed by atoms with Gasteiger partial charge in [0.1, 0.15) is 0 Å². The number of benzene rings is 1. The molecule has 0 spiro atoms. The van der Waals surface area contributed by atoms with Gasteiger partial charge in [0.05, 0.1) is 16.1 Å². The zero-order chi connectivity index (χ0) is 12.4. The molecule has 0 amide bonds. The summed E-state index contributed by atoms with van der Waals surface area (Å²) < 4.78 is 0. The SMILES string of the molecule is CNC(C)c1ccc(-c2scnc2C)cc1C. The van der Waals surface area contributed by atoms with Gasteiger partial charge in [-0.3, -0.25) is 0 Å². The van der Waals surface area contributed by atoms with Crippen LogP contribution in [0.15, 0.2) is 23.7 Å². The maximum atomic E-state index is 4.30. The van der Waals surface area contributed by atoms with E-state index >= 15 is 0 Å². The van der Waals surface area contributed by atoms with Gasteiger partial charge in [0, 0.05) is 6.04 Å². The topological polar surface area (TPSA) is 24.9 Å². The van der Waals surface area contributed by atoms with E-state index in [1.807, 2.05) is 12.6 Å². The van der Waals surface area contributed by atoms with Gasteiger partial charge >= 0.3 is 0 Å². The first-order valence-electron chi connectivity index (χ1n) is 5.81. The first kappa shape index (κ1) is 12.3. The quantitative estimate of drug-likeness (QED) is 0.893. The van der Waals surface area contributed by atoms with Crippen LogP contribution in [0.3, 0.4) is 0 Å². The summed E-state index contributed by atoms with van der Waals surface area (Å²) in [5.74, 6) is 0. The van der Waals surface area contributed by atoms with Crippen LogP contribution in [-0.2, 0) is 0 Å². The van der Waals surface area contributed by atoms with Gasteiger partial charge in [0.15, 0.2) is 0 Å². The van der Waals surface area contributed by atoms with Crippen molar-refractivity contribution in [3.8, 4) is 10.4 Å². The second-order valence-corrected chi connectivity index (χ2v) is 5.20. The van der Waals surface area contributed by atoms with Gasteiger partial charge in [0.25, 0.3) is 0 Å². The summed E-state index contributed by atoms with van der Waals surface area (Å²) in [5.41, 5.74) is 6.98. The summed E-state index contributed by atoms with van der Waals surface area (Å²) in [6.45, 7) is 6.41. The lowest BCUT2D eigenvalue weighted by Crippen LogP contribution is -2.13. The van der Waals surface area contributed by atoms with Crippen molar-refractivity contribution in [2.45, 2.75) is 26.8 Å². The average Bonchev–Trinajstić information content (AvgIpc) is 2.74. The molecule has 2 nitrogen and oxygen atoms in total. The number of thiazole rings is 1. The minimum absolute atomic E-state index is 0.395. The molecule has 1 heterocycles. The van der Waals surface area contributed by atoms with Crippen LogP contribution in [0.5, 0.6) is 0 Å². The van der Waals surface area contributed by atoms with Crippen LogP contribution in [0, 0.1) is 13.8 Å². The standard InChI is InChI=1S/C14H18N2S/c1-9-7-12(14-11(3)16-8-17-14)5-6-13(9)10(2)15-4/h5-8,10,15H,1-4H3. The van der Waals surface area contributed by atoms with E-state index < -0.39 is 0 Å². The summed E-state index contributed by atoms with van der Waals surface area (Å²) >= 11 is 1.70. The van der Waals surface area contributed by atoms with Crippen LogP contribution in [-0.4, -0.2) is 12.0 Å². The second kappa shape index (κ2) is 4.98. The summed E-state index contributed by atoms with van der Waals surface area (Å²) in [6.07, 6.45) is 0. The predicted octanol–water partition coefficient (Wildman–Crippen LogP) is 3.71. The molecule has 2 rings (SSSR count). The Labute approximate surface area is 107 Å². The van der Waals surface area contributed by atoms with Gasteiger partial charge in [-0.15, -0.1) is 11.3 Å². The van der Waals surface area contributed by atoms with Gasteiger partial charge < -0.3 is 5.32 Å². The fourth-order valence-electron chi connectivity index (χ4n) is 2.04. The molecular weight excluding hydrogens is 228 g/mol. The van der Waals surface area contributed by atoms with Crippen molar-refractivity contribution in [3.63, 3.8) is 0 Å². The highest BCUT2D eigenvalue weighted by Crippen LogP contribution is 2.30. The lowest BCUT2D eigenvalue weighted by Gasteiger charge is -2.14. The third kappa shape index (κ3) is 2.40. The molecule has 0 fully saturated rings. The first-order valence-corrected chi connectivity index (χ1v) is 6.69. The van der Waals surface area contributed by atoms with E-state index in [2.05, 4.69) is 49.3 Å². The Morgan fingerprint density at radius 2 is 2.06 bits per heavy atom. The molecule has 1 atom stereocenters. The third-order valence-electron chi connectivity index (χ3n) is 3.18. The van der Waals surface area contributed by atoms with E-state index in [0.717, 1.165) is 5.69 Å². The van der Waals surface area contributed by atoms with E-state index in [-0.39, 0.29) is 0 Å². The number of aryl methyl sites for hydroxylation is 2. The summed E-state index contributed by atoms with van der Waals surface area (Å²) in [7, 11) is 1.99. The molecule has 3 heteroatoms. The highest BCUT2D eigenvalue weighted by atomic mass is 32.1. The number of aromatic nitrogens is 1. The van der Waals surface area contributed by atoms with Gasteiger partial charge in [-0.25, -0.2) is 4.98 Å². The Balaban J connectivity index is 2.41. The van der Waals surface area contributed by atoms with E-state index in [1.54, 1.807) is 11.3 Å². The van der Waals surface area contributed by atoms with Crippen LogP contribution >= 0.6 is 11.3 Å². The molecular formula is C14H18N2S. The zero-order valence-electron chi connectivity index (χ0n) is 10.7. The van der Waals surface area contributed by atoms with Gasteiger partial charge in [-0.2, -0.15) is 0 Å². The third-order valence-corrected chi connectivity index (χ3v) is 4.15. The minimum atomic E-state index is 0.395. The maximum Gasteiger partial charge on any atom is 0.0801 e. The van der Waals surface area contributed by atoms with E-state index in [4.69, 9.17) is 0 Å². The number of nitrogens with one attached hydrogen (secondary N) is 1. The van der Waals surface area contributed by atoms with Crippen LogP contribution in [0.2, 0.25) is 0 Å². The molecule has 0 saturated heterocycles. The Morgan fingerprint density at radius 3 is 2.59 bits per heavy atom. The molecule has 1 N–H and O–H groups in total. The first-order chi connectivity index (χ1) is 8.13. The Hall–Kier alpha value is -1.19. The lowest BCUT2D eigenvalue weighted by molar-refractivity contribution is 0.648. The van der Waals surface area contributed by atoms with Crippen molar-refractivity contribution in [1.82, 2.24) is 10.3 Å². The van der Waals surface area contributed by atoms with Crippen LogP contribution in [0.1, 0.15) is 29.8 Å². The number of nitrogens with zero attached hydrogens (tertiary/aromatic N) is 1. The highest BCUT2D eigenvalue weighted by molar-refractivity contribution is 7.13. The van der Waals surface area contributed by atoms with Gasteiger partial charge in [-0.1, -0.05) is 18.2 Å². The van der Waals surface area contributed by atoms with Crippen LogP contribution in [0.4, 0.5) is 0 Å². The zero-order valence-corrected chi connectivity index (χ0v) is 11.6. The highest BCUT2D eigenvalue weighted by Gasteiger charge is 2.09. The minimum Gasteiger partial charge on any atom is -0.313 e. The fraction of sp³-hybridized carbons (Fsp3) is 0.357. The predicted molar refractivity (Wildman–Crippen MR) is 74.5 cm³/mol. The smallest absolute Gasteiger partial charge is 0.0801 e. The molecule has 2 aromatic rings. The van der Waals surface area contributed by atoms with Gasteiger partial charge in [0.2, 0.25) is 0 Å². The number of hydrogen-bond acceptors (Lipinski definition) is 3. The fourth-order valence-corrected chi connectivity index (χ4v) is 2.84. The molecule has 0 saturated carbocycles. The van der Waals surface area contributed by atoms with Crippen molar-refractivity contribution in [2.75, 3.05) is 7.05 Å². The average molecular weight is 246 g/mol. The molecule has 0 aliphatic heterocycles. The Kier molecular flexibility index (Phi) is 3.60. The van der Waals surface area contributed by atoms with Gasteiger partial charge in [-0.05, 0) is 44.5 Å². The Bertz CT molecular complexity index is 517. The lowest BCUT2D eigenvalue weighted by atomic mass is 9.99. The van der Waals surface area contributed by atoms with Crippen LogP contribution in [0.25, 0.3) is 10.4 Å². The summed E-state index contributed by atoms with van der Waals surface area (Å²) in [5, 5.41) is 3.28. The molecule has 0 bridgehead atoms. The molecule has 17 heavy (non-hydrogen) atoms. The Morgan fingerprint density at radius 1 is 1.29 bits per heavy atom. The maximum absolute atomic E-state index is 4.30. The molecule has 0 aliphatic carbocycles. The van der Waals surface area contributed by atoms with Crippen molar-refractivity contribution >= 4 is 11.3 Å². The summed E-state index contributed by atoms with van der Waals surface area (Å²) in [4.78, 5) is 5.58. The number of hydrogen-bond donors (Lipinski definition) is 1.